The number of amides is 1. The maximum absolute atomic E-state index is 14.8. The molecule has 12 heteroatoms. The highest BCUT2D eigenvalue weighted by atomic mass is 16.5. The zero-order valence-electron chi connectivity index (χ0n) is 30.9. The van der Waals surface area contributed by atoms with Gasteiger partial charge in [-0.1, -0.05) is 90.0 Å². The lowest BCUT2D eigenvalue weighted by Gasteiger charge is -2.31. The van der Waals surface area contributed by atoms with Crippen molar-refractivity contribution < 1.29 is 28.8 Å². The van der Waals surface area contributed by atoms with E-state index in [0.29, 0.717) is 54.7 Å². The lowest BCUT2D eigenvalue weighted by molar-refractivity contribution is -0.130. The molecule has 0 unspecified atom stereocenters. The summed E-state index contributed by atoms with van der Waals surface area (Å²) < 4.78 is 23.4. The van der Waals surface area contributed by atoms with E-state index in [0.717, 1.165) is 33.4 Å². The molecule has 1 heterocycles. The van der Waals surface area contributed by atoms with E-state index in [4.69, 9.17) is 34.6 Å². The molecular formula is C43H44N6O6. The zero-order chi connectivity index (χ0) is 38.5. The average molecular weight is 741 g/mol. The number of aliphatic imine (C=N–C) groups is 1. The molecular weight excluding hydrogens is 697 g/mol. The fourth-order valence-corrected chi connectivity index (χ4v) is 6.54. The van der Waals surface area contributed by atoms with Gasteiger partial charge in [0.05, 0.1) is 27.4 Å². The van der Waals surface area contributed by atoms with Crippen LogP contribution in [0.4, 0.5) is 0 Å². The number of nitrogens with one attached hydrogen (secondary N) is 2. The third kappa shape index (κ3) is 9.25. The van der Waals surface area contributed by atoms with E-state index in [-0.39, 0.29) is 19.6 Å². The molecule has 3 N–H and O–H groups in total. The summed E-state index contributed by atoms with van der Waals surface area (Å²) >= 11 is 0. The minimum Gasteiger partial charge on any atom is -0.494 e. The Morgan fingerprint density at radius 3 is 2.27 bits per heavy atom. The third-order valence-corrected chi connectivity index (χ3v) is 9.42. The Kier molecular flexibility index (Phi) is 13.0. The number of aliphatic hydroxyl groups excluding tert-OH is 1. The van der Waals surface area contributed by atoms with Gasteiger partial charge in [-0.2, -0.15) is 0 Å². The zero-order valence-corrected chi connectivity index (χ0v) is 30.9. The maximum atomic E-state index is 14.8. The Bertz CT molecular complexity index is 2120. The summed E-state index contributed by atoms with van der Waals surface area (Å²) in [6.07, 6.45) is 0.409. The van der Waals surface area contributed by atoms with Crippen LogP contribution in [0.2, 0.25) is 0 Å². The summed E-state index contributed by atoms with van der Waals surface area (Å²) in [6, 6.07) is 38.6. The van der Waals surface area contributed by atoms with Crippen molar-refractivity contribution >= 4 is 11.8 Å². The normalized spacial score (nSPS) is 16.0. The van der Waals surface area contributed by atoms with Crippen LogP contribution in [0.5, 0.6) is 17.2 Å². The van der Waals surface area contributed by atoms with E-state index in [1.54, 1.807) is 14.2 Å². The molecule has 1 aliphatic rings. The molecule has 0 aliphatic carbocycles. The largest absolute Gasteiger partial charge is 0.494 e. The van der Waals surface area contributed by atoms with Crippen LogP contribution in [0.15, 0.2) is 131 Å². The molecule has 5 aromatic carbocycles. The predicted octanol–water partition coefficient (Wildman–Crippen LogP) is 7.31. The van der Waals surface area contributed by atoms with Gasteiger partial charge in [-0.05, 0) is 81.7 Å². The van der Waals surface area contributed by atoms with Gasteiger partial charge in [-0.15, -0.1) is 0 Å². The van der Waals surface area contributed by atoms with Crippen molar-refractivity contribution in [3.63, 3.8) is 0 Å². The van der Waals surface area contributed by atoms with Crippen LogP contribution >= 0.6 is 0 Å². The molecule has 0 saturated carbocycles. The van der Waals surface area contributed by atoms with Gasteiger partial charge >= 0.3 is 0 Å². The number of ether oxygens (including phenoxy) is 4. The Labute approximate surface area is 320 Å². The number of hydrogen-bond donors (Lipinski definition) is 3. The molecule has 0 bridgehead atoms. The predicted molar refractivity (Wildman–Crippen MR) is 211 cm³/mol. The molecule has 12 nitrogen and oxygen atoms in total. The van der Waals surface area contributed by atoms with Gasteiger partial charge in [0, 0.05) is 36.5 Å². The highest BCUT2D eigenvalue weighted by molar-refractivity contribution is 6.01. The average Bonchev–Trinajstić information content (AvgIpc) is 3.63. The van der Waals surface area contributed by atoms with Crippen molar-refractivity contribution in [1.29, 1.82) is 0 Å². The van der Waals surface area contributed by atoms with E-state index in [2.05, 4.69) is 20.9 Å². The van der Waals surface area contributed by atoms with Crippen molar-refractivity contribution in [2.45, 2.75) is 37.5 Å². The molecule has 55 heavy (non-hydrogen) atoms. The first-order valence-corrected chi connectivity index (χ1v) is 18.1. The molecule has 0 radical (unpaired) electrons. The number of aliphatic hydroxyl groups is 1. The molecule has 0 aromatic heterocycles. The summed E-state index contributed by atoms with van der Waals surface area (Å²) in [6.45, 7) is 0.944. The first-order valence-electron chi connectivity index (χ1n) is 18.1. The fraction of sp³-hybridized carbons (Fsp3) is 0.256. The molecule has 0 spiro atoms. The number of carbonyl (C=O) groups excluding carboxylic acids is 1. The van der Waals surface area contributed by atoms with Crippen LogP contribution < -0.4 is 25.1 Å². The van der Waals surface area contributed by atoms with Gasteiger partial charge in [0.1, 0.15) is 5.75 Å². The highest BCUT2D eigenvalue weighted by Gasteiger charge is 2.53. The van der Waals surface area contributed by atoms with Crippen LogP contribution in [0, 0.1) is 0 Å². The SMILES string of the molecule is COc1ccc(CCNNC(=O)[C@@]2(Cc3ccccc3CN=[N+]=[N-])N=C(c3ccc(OCCCO)cc3)O[C@H]2c2ccc(-c3ccccc3)cc2)cc1OC. The van der Waals surface area contributed by atoms with Crippen molar-refractivity contribution in [2.24, 2.45) is 10.1 Å². The highest BCUT2D eigenvalue weighted by Crippen LogP contribution is 2.43. The van der Waals surface area contributed by atoms with Crippen LogP contribution in [0.3, 0.4) is 0 Å². The quantitative estimate of drug-likeness (QED) is 0.0279. The number of nitrogens with zero attached hydrogens (tertiary/aromatic N) is 4. The summed E-state index contributed by atoms with van der Waals surface area (Å²) in [5.74, 6) is 1.80. The maximum Gasteiger partial charge on any atom is 0.266 e. The van der Waals surface area contributed by atoms with E-state index < -0.39 is 17.6 Å². The van der Waals surface area contributed by atoms with Gasteiger partial charge in [0.2, 0.25) is 5.90 Å². The standard InChI is InChI=1S/C43H44N6O6/c1-52-38-22-13-30(27-39(38)53-2)23-24-45-48-42(51)43(28-35-11-6-7-12-36(35)29-46-49-44)40(33-16-14-32(15-17-33)31-9-4-3-5-10-31)55-41(47-43)34-18-20-37(21-19-34)54-26-8-25-50/h3-7,9-22,27,40,45,50H,8,23-26,28-29H2,1-2H3,(H,48,51)/t40-,43-/m0/s1. The summed E-state index contributed by atoms with van der Waals surface area (Å²) in [4.78, 5) is 23.0. The number of carbonyl (C=O) groups is 1. The smallest absolute Gasteiger partial charge is 0.266 e. The summed E-state index contributed by atoms with van der Waals surface area (Å²) in [5.41, 5.74) is 19.8. The molecule has 1 aliphatic heterocycles. The van der Waals surface area contributed by atoms with E-state index in [1.807, 2.05) is 121 Å². The van der Waals surface area contributed by atoms with Crippen LogP contribution in [-0.4, -0.2) is 56.4 Å². The van der Waals surface area contributed by atoms with Crippen molar-refractivity contribution in [2.75, 3.05) is 34.0 Å². The Balaban J connectivity index is 1.37. The second-order valence-corrected chi connectivity index (χ2v) is 12.9. The molecule has 0 fully saturated rings. The second kappa shape index (κ2) is 18.6. The Morgan fingerprint density at radius 2 is 1.56 bits per heavy atom. The van der Waals surface area contributed by atoms with Crippen LogP contribution in [0.1, 0.15) is 40.3 Å². The Hall–Kier alpha value is -6.33. The second-order valence-electron chi connectivity index (χ2n) is 12.9. The van der Waals surface area contributed by atoms with Crippen molar-refractivity contribution in [3.05, 3.63) is 160 Å². The van der Waals surface area contributed by atoms with Gasteiger partial charge in [0.15, 0.2) is 23.1 Å². The molecule has 2 atom stereocenters. The Morgan fingerprint density at radius 1 is 0.873 bits per heavy atom. The number of hydrazine groups is 1. The van der Waals surface area contributed by atoms with E-state index in [1.165, 1.54) is 0 Å². The molecule has 1 amide bonds. The fourth-order valence-electron chi connectivity index (χ4n) is 6.54. The van der Waals surface area contributed by atoms with Gasteiger partial charge in [-0.3, -0.25) is 10.2 Å². The number of benzene rings is 5. The molecule has 5 aromatic rings. The van der Waals surface area contributed by atoms with Gasteiger partial charge in [0.25, 0.3) is 5.91 Å². The van der Waals surface area contributed by atoms with E-state index >= 15 is 0 Å². The van der Waals surface area contributed by atoms with Crippen molar-refractivity contribution in [1.82, 2.24) is 10.9 Å². The number of methoxy groups -OCH3 is 2. The lowest BCUT2D eigenvalue weighted by Crippen LogP contribution is -2.54. The topological polar surface area (TPSA) is 159 Å². The van der Waals surface area contributed by atoms with Crippen LogP contribution in [0.25, 0.3) is 21.6 Å². The number of hydrogen-bond acceptors (Lipinski definition) is 9. The molecule has 282 valence electrons. The lowest BCUT2D eigenvalue weighted by atomic mass is 9.80. The monoisotopic (exact) mass is 740 g/mol. The first-order chi connectivity index (χ1) is 27.0. The van der Waals surface area contributed by atoms with Crippen molar-refractivity contribution in [3.8, 4) is 28.4 Å². The number of rotatable bonds is 18. The third-order valence-electron chi connectivity index (χ3n) is 9.42. The van der Waals surface area contributed by atoms with Gasteiger partial charge < -0.3 is 24.1 Å². The summed E-state index contributed by atoms with van der Waals surface area (Å²) in [5, 5.41) is 13.0. The number of azide groups is 1. The van der Waals surface area contributed by atoms with Gasteiger partial charge in [-0.25, -0.2) is 10.4 Å². The molecule has 0 saturated heterocycles. The minimum atomic E-state index is -1.50. The molecule has 6 rings (SSSR count). The van der Waals surface area contributed by atoms with E-state index in [9.17, 15) is 4.79 Å². The first kappa shape index (κ1) is 38.4. The summed E-state index contributed by atoms with van der Waals surface area (Å²) in [7, 11) is 3.19. The minimum absolute atomic E-state index is 0.0394. The van der Waals surface area contributed by atoms with Crippen LogP contribution in [-0.2, 0) is 28.9 Å².